The average molecular weight is 1350 g/mol. The van der Waals surface area contributed by atoms with E-state index in [0.29, 0.717) is 19.3 Å². The maximum absolute atomic E-state index is 14.6. The molecule has 91 heavy (non-hydrogen) atoms. The van der Waals surface area contributed by atoms with Crippen molar-refractivity contribution >= 4 is 68.3 Å². The highest BCUT2D eigenvalue weighted by atomic mass is 28.4. The van der Waals surface area contributed by atoms with Crippen molar-refractivity contribution in [3.8, 4) is 0 Å². The number of carboxylic acid groups (broad SMARTS) is 1. The van der Waals surface area contributed by atoms with E-state index in [-0.39, 0.29) is 80.2 Å². The number of aliphatic carboxylic acids is 1. The summed E-state index contributed by atoms with van der Waals surface area (Å²) in [6.07, 6.45) is 13.7. The van der Waals surface area contributed by atoms with Crippen LogP contribution in [0, 0.1) is 34.5 Å². The number of allylic oxidation sites excluding steroid dienone is 6. The Labute approximate surface area is 561 Å². The summed E-state index contributed by atoms with van der Waals surface area (Å²) in [5.41, 5.74) is 0.169. The zero-order valence-electron chi connectivity index (χ0n) is 64.4. The highest BCUT2D eigenvalue weighted by Crippen LogP contribution is 2.46. The van der Waals surface area contributed by atoms with Crippen molar-refractivity contribution in [2.75, 3.05) is 0 Å². The lowest BCUT2D eigenvalue weighted by atomic mass is 9.73. The van der Waals surface area contributed by atoms with Gasteiger partial charge in [0.1, 0.15) is 17.7 Å². The van der Waals surface area contributed by atoms with Crippen LogP contribution in [0.5, 0.6) is 0 Å². The SMILES string of the molecule is C/C=C/C(C)[C@@H](O[Si](C)(C)C(C)(C)C)[C@@H](C)C(=O)C(C)(C)[C@@H](CC(=O)O)O[Si](C)(C)C(C)(C)C.C=CC/C(C)=C\C[C@@H](O)C(C)=O.C=CC/C(C)=C\C[C@H](OC(=O)C[C@H](O[Si](C)(C)C(C)(C)C)C(C)(C)C(=O)[C@H](C)[C@@H](O[Si](C)(C)C(C)(C)C)[C@@H](C)/C=C/C)C(C)=O. The molecular formula is C74H138O13Si4. The molecule has 528 valence electrons. The van der Waals surface area contributed by atoms with E-state index in [0.717, 1.165) is 17.6 Å². The van der Waals surface area contributed by atoms with Crippen LogP contribution in [0.15, 0.2) is 72.9 Å². The van der Waals surface area contributed by atoms with E-state index < -0.39 is 92.3 Å². The Bertz CT molecular complexity index is 2470. The number of hydrogen-bond acceptors (Lipinski definition) is 12. The van der Waals surface area contributed by atoms with E-state index in [1.165, 1.54) is 13.8 Å². The van der Waals surface area contributed by atoms with E-state index >= 15 is 0 Å². The normalized spacial score (nSPS) is 17.2. The number of carbonyl (C=O) groups is 6. The van der Waals surface area contributed by atoms with Gasteiger partial charge in [-0.15, -0.1) is 13.2 Å². The van der Waals surface area contributed by atoms with Crippen LogP contribution in [0.3, 0.4) is 0 Å². The molecular weight excluding hydrogens is 1210 g/mol. The average Bonchev–Trinajstić information content (AvgIpc) is 0.799. The van der Waals surface area contributed by atoms with Crippen LogP contribution in [-0.4, -0.2) is 115 Å². The van der Waals surface area contributed by atoms with Crippen LogP contribution >= 0.6 is 0 Å². The molecule has 0 aliphatic heterocycles. The van der Waals surface area contributed by atoms with Crippen molar-refractivity contribution in [1.82, 2.24) is 0 Å². The number of aliphatic hydroxyl groups is 1. The molecule has 0 amide bonds. The van der Waals surface area contributed by atoms with Gasteiger partial charge in [0, 0.05) is 29.1 Å². The number of ether oxygens (including phenoxy) is 1. The first-order chi connectivity index (χ1) is 40.7. The number of ketones is 4. The molecule has 0 aliphatic carbocycles. The lowest BCUT2D eigenvalue weighted by Gasteiger charge is -2.46. The monoisotopic (exact) mass is 1350 g/mol. The van der Waals surface area contributed by atoms with Crippen molar-refractivity contribution in [2.45, 2.75) is 328 Å². The van der Waals surface area contributed by atoms with Crippen LogP contribution in [-0.2, 0) is 51.2 Å². The summed E-state index contributed by atoms with van der Waals surface area (Å²) in [4.78, 5) is 77.1. The fourth-order valence-corrected chi connectivity index (χ4v) is 14.9. The largest absolute Gasteiger partial charge is 0.481 e. The van der Waals surface area contributed by atoms with Gasteiger partial charge in [-0.3, -0.25) is 28.8 Å². The smallest absolute Gasteiger partial charge is 0.309 e. The summed E-state index contributed by atoms with van der Waals surface area (Å²) < 4.78 is 33.0. The maximum atomic E-state index is 14.6. The molecule has 13 nitrogen and oxygen atoms in total. The van der Waals surface area contributed by atoms with Crippen molar-refractivity contribution in [1.29, 1.82) is 0 Å². The zero-order chi connectivity index (χ0) is 72.8. The Morgan fingerprint density at radius 3 is 1.03 bits per heavy atom. The molecule has 0 rings (SSSR count). The van der Waals surface area contributed by atoms with E-state index in [1.807, 2.05) is 93.5 Å². The predicted octanol–water partition coefficient (Wildman–Crippen LogP) is 19.5. The molecule has 0 fully saturated rings. The van der Waals surface area contributed by atoms with Crippen LogP contribution in [0.1, 0.15) is 219 Å². The molecule has 0 aliphatic rings. The Hall–Kier alpha value is -3.27. The topological polar surface area (TPSA) is 189 Å². The Morgan fingerprint density at radius 2 is 0.769 bits per heavy atom. The van der Waals surface area contributed by atoms with Gasteiger partial charge in [0.25, 0.3) is 0 Å². The van der Waals surface area contributed by atoms with E-state index in [9.17, 15) is 33.9 Å². The van der Waals surface area contributed by atoms with Crippen LogP contribution < -0.4 is 0 Å². The Morgan fingerprint density at radius 1 is 0.473 bits per heavy atom. The summed E-state index contributed by atoms with van der Waals surface area (Å²) in [5.74, 6) is -2.71. The molecule has 17 heteroatoms. The molecule has 0 saturated carbocycles. The molecule has 1 unspecified atom stereocenters. The van der Waals surface area contributed by atoms with Gasteiger partial charge >= 0.3 is 11.9 Å². The van der Waals surface area contributed by atoms with Crippen molar-refractivity contribution in [3.05, 3.63) is 72.9 Å². The quantitative estimate of drug-likeness (QED) is 0.0347. The second kappa shape index (κ2) is 37.9. The third-order valence-corrected chi connectivity index (χ3v) is 37.8. The van der Waals surface area contributed by atoms with Gasteiger partial charge in [0.2, 0.25) is 0 Å². The number of esters is 1. The minimum atomic E-state index is -2.43. The van der Waals surface area contributed by atoms with Gasteiger partial charge in [0.15, 0.2) is 50.9 Å². The number of rotatable bonds is 35. The summed E-state index contributed by atoms with van der Waals surface area (Å²) in [7, 11) is -9.10. The van der Waals surface area contributed by atoms with Gasteiger partial charge in [-0.1, -0.05) is 198 Å². The highest BCUT2D eigenvalue weighted by molar-refractivity contribution is 6.75. The maximum Gasteiger partial charge on any atom is 0.309 e. The molecule has 0 aromatic heterocycles. The van der Waals surface area contributed by atoms with Crippen LogP contribution in [0.25, 0.3) is 0 Å². The van der Waals surface area contributed by atoms with E-state index in [2.05, 4.69) is 175 Å². The second-order valence-electron chi connectivity index (χ2n) is 33.0. The van der Waals surface area contributed by atoms with E-state index in [4.69, 9.17) is 27.5 Å². The summed E-state index contributed by atoms with van der Waals surface area (Å²) >= 11 is 0. The molecule has 0 heterocycles. The van der Waals surface area contributed by atoms with Gasteiger partial charge in [-0.05, 0) is 145 Å². The van der Waals surface area contributed by atoms with E-state index in [1.54, 1.807) is 12.2 Å². The minimum Gasteiger partial charge on any atom is -0.481 e. The molecule has 0 saturated heterocycles. The van der Waals surface area contributed by atoms with Gasteiger partial charge in [-0.25, -0.2) is 0 Å². The first kappa shape index (κ1) is 91.9. The third-order valence-electron chi connectivity index (χ3n) is 19.9. The summed E-state index contributed by atoms with van der Waals surface area (Å²) in [6, 6.07) is 0. The lowest BCUT2D eigenvalue weighted by molar-refractivity contribution is -0.158. The molecule has 0 aromatic carbocycles. The predicted molar refractivity (Wildman–Crippen MR) is 393 cm³/mol. The first-order valence-corrected chi connectivity index (χ1v) is 45.0. The molecule has 2 N–H and O–H groups in total. The highest BCUT2D eigenvalue weighted by Gasteiger charge is 2.52. The second-order valence-corrected chi connectivity index (χ2v) is 52.0. The number of carboxylic acids is 1. The van der Waals surface area contributed by atoms with Crippen molar-refractivity contribution < 1.29 is 61.4 Å². The summed E-state index contributed by atoms with van der Waals surface area (Å²) in [5, 5.41) is 18.5. The lowest BCUT2D eigenvalue weighted by Crippen LogP contribution is -2.54. The van der Waals surface area contributed by atoms with Crippen LogP contribution in [0.2, 0.25) is 72.5 Å². The molecule has 10 atom stereocenters. The number of hydrogen-bond donors (Lipinski definition) is 2. The first-order valence-electron chi connectivity index (χ1n) is 33.3. The standard InChI is InChI=1S/C37H68O6Si2.C27H54O5Si2.C10H16O2/c1-19-21-26(3)23-24-30(29(6)38)41-32(39)25-31(42-44(15,16)35(7,8)9)37(13,14)34(40)28(5)33(27(4)22-20-2)43-45(17,18)36(10,11)12;1-16-17-19(2)23(32-34(14,15)26(7,8)9)20(3)24(30)27(10,11)21(18-22(28)29)31-33(12,13)25(4,5)6;1-4-5-8(2)6-7-10(12)9(3)11/h19-20,22-23,27-28,30-31,33H,1,21,24-25H2,2-18H3;16-17,19-21,23H,18H2,1-15H3,(H,28,29);4,6,10,12H,1,5,7H2,2-3H3/b22-20+,26-23-;17-16+;8-6-/t27-,28+,30-,31-,33-;19?,20-,21-,23-;10-/m011/s1. The zero-order valence-corrected chi connectivity index (χ0v) is 68.4. The molecule has 0 radical (unpaired) electrons. The fraction of sp³-hybridized carbons (Fsp3) is 0.757. The fourth-order valence-electron chi connectivity index (χ4n) is 9.15. The van der Waals surface area contributed by atoms with Gasteiger partial charge in [-0.2, -0.15) is 0 Å². The molecule has 0 bridgehead atoms. The third kappa shape index (κ3) is 30.6. The minimum absolute atomic E-state index is 0.00229. The van der Waals surface area contributed by atoms with Gasteiger partial charge in [0.05, 0.1) is 37.3 Å². The number of carbonyl (C=O) groups excluding carboxylic acids is 5. The molecule has 0 aromatic rings. The van der Waals surface area contributed by atoms with Gasteiger partial charge < -0.3 is 32.7 Å². The van der Waals surface area contributed by atoms with Crippen LogP contribution in [0.4, 0.5) is 0 Å². The summed E-state index contributed by atoms with van der Waals surface area (Å²) in [6.45, 7) is 76.8. The number of Topliss-reactive ketones (excluding diaryl/α,β-unsaturated/α-hetero) is 4. The Balaban J connectivity index is -0.00000147. The van der Waals surface area contributed by atoms with Crippen molar-refractivity contribution in [2.24, 2.45) is 34.5 Å². The van der Waals surface area contributed by atoms with Crippen molar-refractivity contribution in [3.63, 3.8) is 0 Å². The molecule has 0 spiro atoms. The number of aliphatic hydroxyl groups excluding tert-OH is 1. The Kier molecular flexibility index (Phi) is 38.3.